The van der Waals surface area contributed by atoms with Gasteiger partial charge in [-0.25, -0.2) is 6.57 Å². The summed E-state index contributed by atoms with van der Waals surface area (Å²) >= 11 is 0. The lowest BCUT2D eigenvalue weighted by Crippen LogP contribution is -2.56. The number of aromatic nitrogens is 2. The number of rotatable bonds is 15. The van der Waals surface area contributed by atoms with Crippen LogP contribution in [0.2, 0.25) is 0 Å². The van der Waals surface area contributed by atoms with Crippen molar-refractivity contribution in [3.8, 4) is 34.8 Å². The summed E-state index contributed by atoms with van der Waals surface area (Å²) < 4.78 is 163. The number of amides is 1. The third-order valence-electron chi connectivity index (χ3n) is 16.9. The first-order valence-electron chi connectivity index (χ1n) is 31.5. The molecule has 20 nitrogen and oxygen atoms in total. The molecular formula is C69H79F6N7O13S3. The Kier molecular flexibility index (Phi) is 25.2. The first-order chi connectivity index (χ1) is 46.8. The van der Waals surface area contributed by atoms with Crippen molar-refractivity contribution in [2.75, 3.05) is 91.2 Å². The first kappa shape index (κ1) is 74.8. The van der Waals surface area contributed by atoms with Gasteiger partial charge in [0, 0.05) is 74.8 Å². The van der Waals surface area contributed by atoms with Crippen molar-refractivity contribution in [3.63, 3.8) is 0 Å². The van der Waals surface area contributed by atoms with Gasteiger partial charge in [0.1, 0.15) is 47.2 Å². The Labute approximate surface area is 576 Å². The fraction of sp³-hybridized carbons (Fsp3) is 0.377. The number of carbonyl (C=O) groups excluding carboxylic acids is 2. The van der Waals surface area contributed by atoms with E-state index in [2.05, 4.69) is 71.9 Å². The van der Waals surface area contributed by atoms with E-state index in [-0.39, 0.29) is 56.3 Å². The smallest absolute Gasteiger partial charge is 0.497 e. The molecule has 0 radical (unpaired) electrons. The number of fused-ring (bicyclic) bond motifs is 5. The van der Waals surface area contributed by atoms with Crippen LogP contribution in [0.25, 0.3) is 32.1 Å². The van der Waals surface area contributed by atoms with E-state index in [0.717, 1.165) is 101 Å². The molecule has 0 bridgehead atoms. The van der Waals surface area contributed by atoms with Crippen LogP contribution in [0, 0.1) is 6.57 Å². The molecule has 5 aliphatic rings. The van der Waals surface area contributed by atoms with Crippen molar-refractivity contribution in [2.24, 2.45) is 0 Å². The zero-order valence-corrected chi connectivity index (χ0v) is 56.4. The Bertz CT molecular complexity index is 4340. The Morgan fingerprint density at radius 1 is 0.704 bits per heavy atom. The van der Waals surface area contributed by atoms with Crippen LogP contribution >= 0.6 is 13.5 Å². The fourth-order valence-corrected chi connectivity index (χ4v) is 12.8. The average Bonchev–Trinajstić information content (AvgIpc) is 0.797. The highest BCUT2D eigenvalue weighted by Gasteiger charge is 2.50. The number of carbonyl (C=O) groups is 2. The minimum Gasteiger partial charge on any atom is -0.497 e. The Hall–Kier alpha value is -8.98. The Balaban J connectivity index is 0.000000231. The molecule has 6 aromatic carbocycles. The monoisotopic (exact) mass is 1430 g/mol. The van der Waals surface area contributed by atoms with Gasteiger partial charge in [-0.3, -0.25) is 9.59 Å². The van der Waals surface area contributed by atoms with Crippen LogP contribution in [0.3, 0.4) is 0 Å². The van der Waals surface area contributed by atoms with Gasteiger partial charge in [0.15, 0.2) is 11.5 Å². The molecule has 0 N–H and O–H groups in total. The van der Waals surface area contributed by atoms with Gasteiger partial charge >= 0.3 is 37.3 Å². The molecule has 2 aliphatic carbocycles. The lowest BCUT2D eigenvalue weighted by Gasteiger charge is -2.41. The highest BCUT2D eigenvalue weighted by molar-refractivity contribution is 7.88. The zero-order valence-electron chi connectivity index (χ0n) is 55.7. The van der Waals surface area contributed by atoms with Crippen molar-refractivity contribution >= 4 is 84.2 Å². The number of hydrogen-bond acceptors (Lipinski definition) is 18. The molecule has 7 aromatic rings. The number of aryl methyl sites for hydroxylation is 2. The predicted molar refractivity (Wildman–Crippen MR) is 369 cm³/mol. The number of hydrogen-bond donors (Lipinski definition) is 0. The van der Waals surface area contributed by atoms with Crippen LogP contribution in [-0.4, -0.2) is 153 Å². The van der Waals surface area contributed by atoms with Gasteiger partial charge in [-0.05, 0) is 153 Å². The van der Waals surface area contributed by atoms with E-state index in [1.807, 2.05) is 24.3 Å². The minimum atomic E-state index is -5.70. The highest BCUT2D eigenvalue weighted by atomic mass is 32.2. The normalized spacial score (nSPS) is 16.8. The lowest BCUT2D eigenvalue weighted by atomic mass is 9.91. The molecule has 1 unspecified atom stereocenters. The fourth-order valence-electron chi connectivity index (χ4n) is 11.8. The summed E-state index contributed by atoms with van der Waals surface area (Å²) in [7, 11) is -3.13. The maximum Gasteiger partial charge on any atom is 0.534 e. The van der Waals surface area contributed by atoms with E-state index in [4.69, 9.17) is 43.2 Å². The van der Waals surface area contributed by atoms with Crippen molar-refractivity contribution in [1.29, 1.82) is 0 Å². The SMILES string of the molecule is C.COc1ccc2c(c1)C(=O)CCC2.COc1ccc2c(c1)C(OS(=O)(=O)C(F)(F)F)=CCC2.COc1ccc2cccc(OS(=O)(=O)C(F)(F)F)c2c1.S.[2H][2H].[C-]#[N+]CC1CN(c2nc(OC[C@@H]3CCCN3C)nc3c2CCN(c2cccc4ccc(OC)cc24)C3)CCN1C(=O)C=C. The summed E-state index contributed by atoms with van der Waals surface area (Å²) in [5.74, 6) is 2.64. The summed E-state index contributed by atoms with van der Waals surface area (Å²) in [6.07, 6.45) is 9.39. The highest BCUT2D eigenvalue weighted by Crippen LogP contribution is 2.39. The second kappa shape index (κ2) is 33.0. The predicted octanol–water partition coefficient (Wildman–Crippen LogP) is 12.9. The number of allylic oxidation sites excluding steroid dienone is 1. The van der Waals surface area contributed by atoms with Gasteiger partial charge in [-0.2, -0.15) is 66.6 Å². The molecule has 2 atom stereocenters. The standard InChI is InChI=1S/C33H39N7O3.C12H11F3O4S.C12H9F3O4S.C11H12O2.CH4.H2S.H2/c1-5-31(41)40-17-16-39(20-25(40)19-34-2)32-27-13-15-38(30-10-6-8-23-11-12-26(42-4)18-28(23)30)21-29(27)35-33(36-32)43-22-24-9-7-14-37(24)3;2*1-18-9-6-5-8-3-2-4-11(10(8)7-9)19-20(16,17)12(13,14)15;1-13-9-6-5-8-3-2-4-11(12)10(8)7-9;;;/h5-6,8,10-12,18,24-25H,1,7,9,13-17,19-22H2,3-4H3;4-7H,2-3H2,1H3;2-7H,1H3;5-7H,2-4H2,1H3;1H4;1H2;1H/t24-,25?;;;;;;/m0....../s1/i;;;;;;1+1D. The van der Waals surface area contributed by atoms with Crippen molar-refractivity contribution in [3.05, 3.63) is 173 Å². The van der Waals surface area contributed by atoms with E-state index < -0.39 is 37.0 Å². The topological polar surface area (TPSA) is 210 Å². The molecule has 1 amide bonds. The van der Waals surface area contributed by atoms with Crippen LogP contribution in [-0.2, 0) is 55.0 Å². The number of ketones is 1. The number of ether oxygens (including phenoxy) is 5. The summed E-state index contributed by atoms with van der Waals surface area (Å²) in [4.78, 5) is 46.3. The number of likely N-dealkylation sites (tertiary alicyclic amines) is 1. The van der Waals surface area contributed by atoms with Gasteiger partial charge < -0.3 is 56.5 Å². The second-order valence-electron chi connectivity index (χ2n) is 22.8. The minimum absolute atomic E-state index is 0. The van der Waals surface area contributed by atoms with Gasteiger partial charge in [-0.15, -0.1) is 0 Å². The van der Waals surface area contributed by atoms with Gasteiger partial charge in [0.2, 0.25) is 12.5 Å². The molecule has 0 spiro atoms. The first-order valence-corrected chi connectivity index (χ1v) is 33.3. The molecule has 98 heavy (non-hydrogen) atoms. The largest absolute Gasteiger partial charge is 0.534 e. The van der Waals surface area contributed by atoms with Crippen LogP contribution in [0.1, 0.15) is 80.8 Å². The summed E-state index contributed by atoms with van der Waals surface area (Å²) in [5, 5.41) is 3.04. The number of likely N-dealkylation sites (N-methyl/N-ethyl adjacent to an activating group) is 1. The number of anilines is 2. The molecule has 528 valence electrons. The van der Waals surface area contributed by atoms with Crippen molar-refractivity contribution < 1.29 is 87.8 Å². The van der Waals surface area contributed by atoms with E-state index in [1.165, 1.54) is 51.0 Å². The van der Waals surface area contributed by atoms with Gasteiger partial charge in [-0.1, -0.05) is 62.5 Å². The molecule has 0 saturated carbocycles. The molecule has 2 saturated heterocycles. The number of halogens is 6. The molecule has 12 rings (SSSR count). The maximum atomic E-state index is 12.5. The lowest BCUT2D eigenvalue weighted by molar-refractivity contribution is -0.128. The maximum absolute atomic E-state index is 12.5. The van der Waals surface area contributed by atoms with Gasteiger partial charge in [0.25, 0.3) is 0 Å². The Morgan fingerprint density at radius 2 is 1.30 bits per heavy atom. The summed E-state index contributed by atoms with van der Waals surface area (Å²) in [6, 6.07) is 32.3. The van der Waals surface area contributed by atoms with E-state index in [1.54, 1.807) is 49.5 Å². The second-order valence-corrected chi connectivity index (χ2v) is 25.9. The number of nitrogens with zero attached hydrogens (tertiary/aromatic N) is 7. The van der Waals surface area contributed by atoms with Crippen LogP contribution in [0.4, 0.5) is 37.8 Å². The molecule has 2 fully saturated rings. The van der Waals surface area contributed by atoms with Crippen LogP contribution in [0.5, 0.6) is 34.8 Å². The summed E-state index contributed by atoms with van der Waals surface area (Å²) in [5.41, 5.74) is -4.70. The van der Waals surface area contributed by atoms with Gasteiger partial charge in [0.05, 0.1) is 40.7 Å². The molecule has 3 aliphatic heterocycles. The molecule has 4 heterocycles. The average molecular weight is 1430 g/mol. The van der Waals surface area contributed by atoms with E-state index in [0.29, 0.717) is 92.1 Å². The number of piperazine rings is 1. The third kappa shape index (κ3) is 18.0. The van der Waals surface area contributed by atoms with Crippen molar-refractivity contribution in [2.45, 2.75) is 88.4 Å². The third-order valence-corrected chi connectivity index (χ3v) is 18.8. The van der Waals surface area contributed by atoms with Crippen molar-refractivity contribution in [1.82, 2.24) is 19.8 Å². The van der Waals surface area contributed by atoms with E-state index in [9.17, 15) is 52.8 Å². The number of Topliss-reactive ketones (excluding diaryl/α,β-unsaturated/α-hetero) is 1. The quantitative estimate of drug-likeness (QED) is 0.0307. The number of alkyl halides is 6. The Morgan fingerprint density at radius 3 is 1.91 bits per heavy atom. The number of methoxy groups -OCH3 is 4. The number of benzene rings is 6. The zero-order chi connectivity index (χ0) is 71.1. The van der Waals surface area contributed by atoms with Crippen LogP contribution < -0.4 is 37.7 Å². The molecular weight excluding hydrogens is 1340 g/mol. The summed E-state index contributed by atoms with van der Waals surface area (Å²) in [6.45, 7) is 16.1. The molecule has 1 aromatic heterocycles. The van der Waals surface area contributed by atoms with Crippen LogP contribution in [0.15, 0.2) is 128 Å². The molecule has 29 heteroatoms. The van der Waals surface area contributed by atoms with E-state index >= 15 is 0 Å².